The summed E-state index contributed by atoms with van der Waals surface area (Å²) in [6.45, 7) is 0. The van der Waals surface area contributed by atoms with Gasteiger partial charge in [-0.3, -0.25) is 10.1 Å². The van der Waals surface area contributed by atoms with E-state index in [2.05, 4.69) is 10.2 Å². The van der Waals surface area contributed by atoms with Gasteiger partial charge in [-0.15, -0.1) is 10.2 Å². The number of phenolic OH excluding ortho intramolecular Hbond substituents is 1. The van der Waals surface area contributed by atoms with E-state index in [4.69, 9.17) is 0 Å². The van der Waals surface area contributed by atoms with Crippen LogP contribution in [0.1, 0.15) is 0 Å². The SMILES string of the molecule is CS(=O)(=O)c1cc([N+](=O)[O-])ccc1N=Nc1ccc(O)c2ccccc12. The van der Waals surface area contributed by atoms with Gasteiger partial charge in [-0.05, 0) is 18.2 Å². The lowest BCUT2D eigenvalue weighted by Gasteiger charge is -2.05. The molecule has 0 aliphatic rings. The Balaban J connectivity index is 2.13. The van der Waals surface area contributed by atoms with Gasteiger partial charge in [-0.1, -0.05) is 24.3 Å². The maximum atomic E-state index is 11.9. The first-order valence-electron chi connectivity index (χ1n) is 7.38. The quantitative estimate of drug-likeness (QED) is 0.417. The second kappa shape index (κ2) is 6.52. The van der Waals surface area contributed by atoms with E-state index in [1.54, 1.807) is 30.3 Å². The van der Waals surface area contributed by atoms with Gasteiger partial charge in [0.2, 0.25) is 0 Å². The molecule has 9 heteroatoms. The first kappa shape index (κ1) is 17.5. The Morgan fingerprint density at radius 1 is 0.962 bits per heavy atom. The van der Waals surface area contributed by atoms with Crippen molar-refractivity contribution in [1.29, 1.82) is 0 Å². The maximum absolute atomic E-state index is 11.9. The summed E-state index contributed by atoms with van der Waals surface area (Å²) in [5.41, 5.74) is 0.0749. The molecular formula is C17H13N3O5S. The molecule has 0 heterocycles. The Hall–Kier alpha value is -3.33. The number of fused-ring (bicyclic) bond motifs is 1. The second-order valence-electron chi connectivity index (χ2n) is 5.53. The number of hydrogen-bond donors (Lipinski definition) is 1. The van der Waals surface area contributed by atoms with Crippen LogP contribution in [0, 0.1) is 10.1 Å². The topological polar surface area (TPSA) is 122 Å². The normalized spacial score (nSPS) is 11.9. The molecule has 3 aromatic carbocycles. The number of aromatic hydroxyl groups is 1. The summed E-state index contributed by atoms with van der Waals surface area (Å²) in [7, 11) is -3.74. The van der Waals surface area contributed by atoms with Crippen molar-refractivity contribution < 1.29 is 18.4 Å². The molecule has 0 unspecified atom stereocenters. The fourth-order valence-electron chi connectivity index (χ4n) is 2.46. The molecule has 26 heavy (non-hydrogen) atoms. The predicted octanol–water partition coefficient (Wildman–Crippen LogP) is 4.27. The summed E-state index contributed by atoms with van der Waals surface area (Å²) >= 11 is 0. The van der Waals surface area contributed by atoms with Gasteiger partial charge in [0.15, 0.2) is 9.84 Å². The number of phenols is 1. The van der Waals surface area contributed by atoms with E-state index < -0.39 is 14.8 Å². The van der Waals surface area contributed by atoms with E-state index >= 15 is 0 Å². The molecule has 0 saturated carbocycles. The van der Waals surface area contributed by atoms with Crippen molar-refractivity contribution in [2.45, 2.75) is 4.90 Å². The smallest absolute Gasteiger partial charge is 0.270 e. The van der Waals surface area contributed by atoms with Crippen molar-refractivity contribution in [3.63, 3.8) is 0 Å². The minimum absolute atomic E-state index is 0.00439. The van der Waals surface area contributed by atoms with Gasteiger partial charge >= 0.3 is 0 Å². The van der Waals surface area contributed by atoms with Crippen LogP contribution in [0.4, 0.5) is 17.1 Å². The van der Waals surface area contributed by atoms with Crippen LogP contribution in [0.25, 0.3) is 10.8 Å². The first-order valence-corrected chi connectivity index (χ1v) is 9.27. The van der Waals surface area contributed by atoms with Gasteiger partial charge in [0.25, 0.3) is 5.69 Å². The van der Waals surface area contributed by atoms with Crippen molar-refractivity contribution in [3.8, 4) is 5.75 Å². The Bertz CT molecular complexity index is 1160. The molecule has 1 N–H and O–H groups in total. The summed E-state index contributed by atoms with van der Waals surface area (Å²) in [6.07, 6.45) is 0.945. The fraction of sp³-hybridized carbons (Fsp3) is 0.0588. The minimum atomic E-state index is -3.74. The van der Waals surface area contributed by atoms with Crippen molar-refractivity contribution in [3.05, 3.63) is 64.7 Å². The van der Waals surface area contributed by atoms with Crippen LogP contribution in [0.2, 0.25) is 0 Å². The van der Waals surface area contributed by atoms with Gasteiger partial charge in [-0.25, -0.2) is 8.42 Å². The summed E-state index contributed by atoms with van der Waals surface area (Å²) in [5.74, 6) is 0.0895. The number of nitro groups is 1. The maximum Gasteiger partial charge on any atom is 0.270 e. The van der Waals surface area contributed by atoms with Gasteiger partial charge in [0, 0.05) is 29.2 Å². The molecule has 0 saturated heterocycles. The average molecular weight is 371 g/mol. The molecule has 0 amide bonds. The molecule has 132 valence electrons. The average Bonchev–Trinajstić information content (AvgIpc) is 2.60. The number of hydrogen-bond acceptors (Lipinski definition) is 7. The predicted molar refractivity (Wildman–Crippen MR) is 96.0 cm³/mol. The van der Waals surface area contributed by atoms with Gasteiger partial charge < -0.3 is 5.11 Å². The van der Waals surface area contributed by atoms with Crippen LogP contribution in [0.3, 0.4) is 0 Å². The molecule has 0 fully saturated rings. The van der Waals surface area contributed by atoms with Crippen LogP contribution >= 0.6 is 0 Å². The zero-order valence-electron chi connectivity index (χ0n) is 13.5. The van der Waals surface area contributed by atoms with Crippen LogP contribution < -0.4 is 0 Å². The lowest BCUT2D eigenvalue weighted by atomic mass is 10.1. The van der Waals surface area contributed by atoms with Crippen LogP contribution in [-0.4, -0.2) is 24.7 Å². The number of rotatable bonds is 4. The van der Waals surface area contributed by atoms with Crippen molar-refractivity contribution in [2.75, 3.05) is 6.26 Å². The van der Waals surface area contributed by atoms with Crippen LogP contribution in [0.15, 0.2) is 69.7 Å². The molecule has 0 bridgehead atoms. The van der Waals surface area contributed by atoms with Crippen molar-refractivity contribution in [2.24, 2.45) is 10.2 Å². The highest BCUT2D eigenvalue weighted by atomic mass is 32.2. The minimum Gasteiger partial charge on any atom is -0.507 e. The highest BCUT2D eigenvalue weighted by Gasteiger charge is 2.18. The van der Waals surface area contributed by atoms with E-state index in [1.807, 2.05) is 0 Å². The molecule has 0 spiro atoms. The van der Waals surface area contributed by atoms with Gasteiger partial charge in [0.1, 0.15) is 16.3 Å². The van der Waals surface area contributed by atoms with E-state index in [9.17, 15) is 23.6 Å². The highest BCUT2D eigenvalue weighted by molar-refractivity contribution is 7.90. The number of sulfone groups is 1. The van der Waals surface area contributed by atoms with Crippen LogP contribution in [0.5, 0.6) is 5.75 Å². The third-order valence-electron chi connectivity index (χ3n) is 3.70. The summed E-state index contributed by atoms with van der Waals surface area (Å²) in [6, 6.07) is 13.4. The molecule has 8 nitrogen and oxygen atoms in total. The summed E-state index contributed by atoms with van der Waals surface area (Å²) < 4.78 is 23.9. The molecular weight excluding hydrogens is 358 g/mol. The van der Waals surface area contributed by atoms with E-state index in [0.29, 0.717) is 16.5 Å². The Kier molecular flexibility index (Phi) is 4.39. The molecule has 0 atom stereocenters. The number of benzene rings is 3. The Labute approximate surface area is 148 Å². The third kappa shape index (κ3) is 3.38. The van der Waals surface area contributed by atoms with Gasteiger partial charge in [0.05, 0.1) is 10.6 Å². The Morgan fingerprint density at radius 2 is 1.58 bits per heavy atom. The Morgan fingerprint density at radius 3 is 2.23 bits per heavy atom. The first-order chi connectivity index (χ1) is 12.3. The zero-order chi connectivity index (χ0) is 18.9. The lowest BCUT2D eigenvalue weighted by Crippen LogP contribution is -1.99. The molecule has 3 rings (SSSR count). The number of nitro benzene ring substituents is 1. The van der Waals surface area contributed by atoms with E-state index in [1.165, 1.54) is 12.1 Å². The number of azo groups is 1. The van der Waals surface area contributed by atoms with Crippen LogP contribution in [-0.2, 0) is 9.84 Å². The fourth-order valence-corrected chi connectivity index (χ4v) is 3.28. The van der Waals surface area contributed by atoms with Gasteiger partial charge in [-0.2, -0.15) is 0 Å². The highest BCUT2D eigenvalue weighted by Crippen LogP contribution is 2.35. The summed E-state index contributed by atoms with van der Waals surface area (Å²) in [5, 5.41) is 30.0. The summed E-state index contributed by atoms with van der Waals surface area (Å²) in [4.78, 5) is 9.93. The lowest BCUT2D eigenvalue weighted by molar-refractivity contribution is -0.385. The second-order valence-corrected chi connectivity index (χ2v) is 7.51. The molecule has 0 aliphatic heterocycles. The molecule has 0 radical (unpaired) electrons. The standard InChI is InChI=1S/C17H13N3O5S/c1-26(24,25)17-10-11(20(22)23)6-7-15(17)19-18-14-8-9-16(21)13-5-3-2-4-12(13)14/h2-10,21H,1H3. The number of nitrogens with zero attached hydrogens (tertiary/aromatic N) is 3. The van der Waals surface area contributed by atoms with Crippen molar-refractivity contribution >= 4 is 37.7 Å². The molecule has 3 aromatic rings. The number of non-ortho nitro benzene ring substituents is 1. The monoisotopic (exact) mass is 371 g/mol. The van der Waals surface area contributed by atoms with E-state index in [-0.39, 0.29) is 22.0 Å². The van der Waals surface area contributed by atoms with Crippen molar-refractivity contribution in [1.82, 2.24) is 0 Å². The third-order valence-corrected chi connectivity index (χ3v) is 4.82. The molecule has 0 aliphatic carbocycles. The zero-order valence-corrected chi connectivity index (χ0v) is 14.3. The van der Waals surface area contributed by atoms with E-state index in [0.717, 1.165) is 18.4 Å². The largest absolute Gasteiger partial charge is 0.507 e. The molecule has 0 aromatic heterocycles.